The van der Waals surface area contributed by atoms with E-state index in [9.17, 15) is 4.79 Å². The van der Waals surface area contributed by atoms with Crippen LogP contribution in [0.5, 0.6) is 0 Å². The maximum atomic E-state index is 11.6. The van der Waals surface area contributed by atoms with E-state index in [1.54, 1.807) is 0 Å². The molecule has 0 aromatic heterocycles. The summed E-state index contributed by atoms with van der Waals surface area (Å²) < 4.78 is 18.4. The maximum Gasteiger partial charge on any atom is 0.330 e. The molecule has 0 fully saturated rings. The summed E-state index contributed by atoms with van der Waals surface area (Å²) >= 11 is 0. The minimum Gasteiger partial charge on any atom is -0.466 e. The molecule has 176 valence electrons. The molecule has 0 aliphatic heterocycles. The van der Waals surface area contributed by atoms with Crippen molar-refractivity contribution >= 4 is 22.6 Å². The SMILES string of the molecule is C/C=C/[C@@H](O[Si](C)(C)C(C)(C)C)[C@H](C)[C@@H](C/C=C/C(=O)OC)O[Si](C)(C)C(C)(C)C. The van der Waals surface area contributed by atoms with Gasteiger partial charge in [-0.15, -0.1) is 0 Å². The molecule has 0 aliphatic carbocycles. The Hall–Kier alpha value is -0.696. The molecule has 0 N–H and O–H groups in total. The Morgan fingerprint density at radius 1 is 0.933 bits per heavy atom. The molecule has 0 aromatic carbocycles. The standard InChI is InChI=1S/C24H48O4Si2/c1-14-16-20(27-29(10,11)23(3,4)5)19(2)21(17-15-18-22(25)26-9)28-30(12,13)24(6,7)8/h14-16,18-21H,17H2,1-13H3/b16-14+,18-15+/t19-,20+,21+/m0/s1. The zero-order valence-corrected chi connectivity index (χ0v) is 23.9. The number of allylic oxidation sites excluding steroid dienone is 1. The molecule has 0 bridgehead atoms. The minimum atomic E-state index is -2.00. The van der Waals surface area contributed by atoms with E-state index in [2.05, 4.69) is 86.8 Å². The van der Waals surface area contributed by atoms with Crippen molar-refractivity contribution in [2.75, 3.05) is 7.11 Å². The first-order valence-electron chi connectivity index (χ1n) is 11.1. The molecule has 4 nitrogen and oxygen atoms in total. The summed E-state index contributed by atoms with van der Waals surface area (Å²) in [6.45, 7) is 26.9. The molecular formula is C24H48O4Si2. The van der Waals surface area contributed by atoms with Crippen molar-refractivity contribution in [1.29, 1.82) is 0 Å². The summed E-state index contributed by atoms with van der Waals surface area (Å²) in [5.74, 6) is -0.192. The van der Waals surface area contributed by atoms with Gasteiger partial charge in [0.05, 0.1) is 19.3 Å². The molecule has 0 unspecified atom stereocenters. The third-order valence-electron chi connectivity index (χ3n) is 6.80. The Labute approximate surface area is 188 Å². The maximum absolute atomic E-state index is 11.6. The summed E-state index contributed by atoms with van der Waals surface area (Å²) in [6, 6.07) is 0. The molecule has 0 spiro atoms. The first-order valence-corrected chi connectivity index (χ1v) is 16.9. The summed E-state index contributed by atoms with van der Waals surface area (Å²) in [4.78, 5) is 11.6. The molecule has 0 saturated carbocycles. The molecule has 0 amide bonds. The van der Waals surface area contributed by atoms with Gasteiger partial charge in [-0.05, 0) is 49.6 Å². The van der Waals surface area contributed by atoms with Gasteiger partial charge in [0.1, 0.15) is 0 Å². The number of rotatable bonds is 10. The van der Waals surface area contributed by atoms with Crippen molar-refractivity contribution in [3.63, 3.8) is 0 Å². The molecule has 0 radical (unpaired) electrons. The van der Waals surface area contributed by atoms with Gasteiger partial charge in [-0.1, -0.05) is 66.7 Å². The highest BCUT2D eigenvalue weighted by Crippen LogP contribution is 2.41. The first kappa shape index (κ1) is 29.3. The largest absolute Gasteiger partial charge is 0.466 e. The van der Waals surface area contributed by atoms with Crippen LogP contribution in [0, 0.1) is 5.92 Å². The molecule has 0 rings (SSSR count). The minimum absolute atomic E-state index is 0.0304. The molecule has 0 heterocycles. The third-order valence-corrected chi connectivity index (χ3v) is 15.8. The Bertz CT molecular complexity index is 595. The summed E-state index contributed by atoms with van der Waals surface area (Å²) in [5, 5.41) is 0.237. The summed E-state index contributed by atoms with van der Waals surface area (Å²) in [5.41, 5.74) is 0. The third kappa shape index (κ3) is 8.81. The summed E-state index contributed by atoms with van der Waals surface area (Å²) in [7, 11) is -2.55. The van der Waals surface area contributed by atoms with Crippen LogP contribution in [0.3, 0.4) is 0 Å². The van der Waals surface area contributed by atoms with E-state index in [4.69, 9.17) is 13.6 Å². The second-order valence-corrected chi connectivity index (χ2v) is 20.8. The molecular weight excluding hydrogens is 408 g/mol. The molecule has 0 saturated heterocycles. The number of esters is 1. The molecule has 6 heteroatoms. The van der Waals surface area contributed by atoms with Gasteiger partial charge in [-0.2, -0.15) is 0 Å². The smallest absolute Gasteiger partial charge is 0.330 e. The fourth-order valence-corrected chi connectivity index (χ4v) is 5.28. The van der Waals surface area contributed by atoms with E-state index >= 15 is 0 Å². The first-order chi connectivity index (χ1) is 13.4. The van der Waals surface area contributed by atoms with Crippen LogP contribution in [0.25, 0.3) is 0 Å². The van der Waals surface area contributed by atoms with Crippen LogP contribution in [0.2, 0.25) is 36.3 Å². The Morgan fingerprint density at radius 3 is 1.80 bits per heavy atom. The van der Waals surface area contributed by atoms with Crippen molar-refractivity contribution in [3.8, 4) is 0 Å². The van der Waals surface area contributed by atoms with Crippen molar-refractivity contribution in [1.82, 2.24) is 0 Å². The lowest BCUT2D eigenvalue weighted by Crippen LogP contribution is -2.50. The quantitative estimate of drug-likeness (QED) is 0.152. The second kappa shape index (κ2) is 11.3. The molecule has 30 heavy (non-hydrogen) atoms. The van der Waals surface area contributed by atoms with Gasteiger partial charge in [0, 0.05) is 12.0 Å². The van der Waals surface area contributed by atoms with Crippen molar-refractivity contribution in [2.24, 2.45) is 5.92 Å². The molecule has 3 atom stereocenters. The van der Waals surface area contributed by atoms with E-state index in [1.807, 2.05) is 13.0 Å². The van der Waals surface area contributed by atoms with E-state index in [0.29, 0.717) is 6.42 Å². The Morgan fingerprint density at radius 2 is 1.40 bits per heavy atom. The average Bonchev–Trinajstić information content (AvgIpc) is 2.57. The fraction of sp³-hybridized carbons (Fsp3) is 0.792. The van der Waals surface area contributed by atoms with Crippen LogP contribution in [0.1, 0.15) is 61.8 Å². The second-order valence-electron chi connectivity index (χ2n) is 11.3. The van der Waals surface area contributed by atoms with Crippen molar-refractivity contribution < 1.29 is 18.4 Å². The van der Waals surface area contributed by atoms with Crippen molar-refractivity contribution in [3.05, 3.63) is 24.3 Å². The highest BCUT2D eigenvalue weighted by Gasteiger charge is 2.43. The van der Waals surface area contributed by atoms with Crippen molar-refractivity contribution in [2.45, 2.75) is 110 Å². The van der Waals surface area contributed by atoms with Gasteiger partial charge < -0.3 is 13.6 Å². The predicted octanol–water partition coefficient (Wildman–Crippen LogP) is 7.10. The monoisotopic (exact) mass is 456 g/mol. The predicted molar refractivity (Wildman–Crippen MR) is 134 cm³/mol. The van der Waals surface area contributed by atoms with Crippen LogP contribution < -0.4 is 0 Å². The molecule has 0 aromatic rings. The van der Waals surface area contributed by atoms with Gasteiger partial charge in [-0.3, -0.25) is 0 Å². The zero-order chi connectivity index (χ0) is 24.0. The van der Waals surface area contributed by atoms with Gasteiger partial charge in [0.25, 0.3) is 0 Å². The highest BCUT2D eigenvalue weighted by atomic mass is 28.4. The lowest BCUT2D eigenvalue weighted by atomic mass is 9.95. The lowest BCUT2D eigenvalue weighted by Gasteiger charge is -2.44. The van der Waals surface area contributed by atoms with E-state index in [-0.39, 0.29) is 34.2 Å². The highest BCUT2D eigenvalue weighted by molar-refractivity contribution is 6.74. The Kier molecular flexibility index (Phi) is 11.0. The number of hydrogen-bond acceptors (Lipinski definition) is 4. The van der Waals surface area contributed by atoms with Crippen LogP contribution in [0.4, 0.5) is 0 Å². The lowest BCUT2D eigenvalue weighted by molar-refractivity contribution is -0.134. The van der Waals surface area contributed by atoms with E-state index < -0.39 is 16.6 Å². The number of carbonyl (C=O) groups is 1. The fourth-order valence-electron chi connectivity index (χ4n) is 2.53. The summed E-state index contributed by atoms with van der Waals surface area (Å²) in [6.07, 6.45) is 8.18. The molecule has 0 aliphatic rings. The van der Waals surface area contributed by atoms with E-state index in [1.165, 1.54) is 13.2 Å². The zero-order valence-electron chi connectivity index (χ0n) is 21.9. The van der Waals surface area contributed by atoms with Crippen LogP contribution in [-0.2, 0) is 18.4 Å². The topological polar surface area (TPSA) is 44.8 Å². The van der Waals surface area contributed by atoms with Crippen LogP contribution in [-0.4, -0.2) is 41.9 Å². The van der Waals surface area contributed by atoms with E-state index in [0.717, 1.165) is 0 Å². The number of hydrogen-bond donors (Lipinski definition) is 0. The van der Waals surface area contributed by atoms with Gasteiger partial charge >= 0.3 is 5.97 Å². The van der Waals surface area contributed by atoms with Gasteiger partial charge in [0.2, 0.25) is 0 Å². The van der Waals surface area contributed by atoms with Gasteiger partial charge in [0.15, 0.2) is 16.6 Å². The average molecular weight is 457 g/mol. The Balaban J connectivity index is 5.89. The van der Waals surface area contributed by atoms with Crippen LogP contribution >= 0.6 is 0 Å². The van der Waals surface area contributed by atoms with Crippen LogP contribution in [0.15, 0.2) is 24.3 Å². The number of methoxy groups -OCH3 is 1. The normalized spacial score (nSPS) is 17.4. The number of ether oxygens (including phenoxy) is 1. The van der Waals surface area contributed by atoms with Gasteiger partial charge in [-0.25, -0.2) is 4.79 Å². The number of carbonyl (C=O) groups excluding carboxylic acids is 1.